The molecule has 0 unspecified atom stereocenters. The molecular weight excluding hydrogens is 286 g/mol. The highest BCUT2D eigenvalue weighted by molar-refractivity contribution is 7.91. The fourth-order valence-corrected chi connectivity index (χ4v) is 2.97. The van der Waals surface area contributed by atoms with E-state index in [9.17, 15) is 8.42 Å². The van der Waals surface area contributed by atoms with Crippen LogP contribution in [0, 0.1) is 13.8 Å². The van der Waals surface area contributed by atoms with Gasteiger partial charge in [-0.1, -0.05) is 30.7 Å². The smallest absolute Gasteiger partial charge is 0.151 e. The molecule has 2 N–H and O–H groups in total. The molecule has 2 rings (SSSR count). The average molecular weight is 307 g/mol. The van der Waals surface area contributed by atoms with E-state index in [1.165, 1.54) is 5.56 Å². The molecule has 21 heavy (non-hydrogen) atoms. The average Bonchev–Trinajstić information content (AvgIpc) is 2.78. The molecule has 5 nitrogen and oxygen atoms in total. The minimum atomic E-state index is -3.00. The number of rotatable bonds is 5. The first-order valence-corrected chi connectivity index (χ1v) is 8.75. The fraction of sp³-hybridized carbons (Fsp3) is 0.400. The number of aromatic nitrogens is 2. The summed E-state index contributed by atoms with van der Waals surface area (Å²) in [5.41, 5.74) is 10.6. The highest BCUT2D eigenvalue weighted by Gasteiger charge is 2.13. The van der Waals surface area contributed by atoms with Gasteiger partial charge in [-0.2, -0.15) is 5.10 Å². The van der Waals surface area contributed by atoms with Gasteiger partial charge in [0.2, 0.25) is 0 Å². The van der Waals surface area contributed by atoms with Gasteiger partial charge in [0, 0.05) is 17.5 Å². The molecule has 1 aromatic carbocycles. The van der Waals surface area contributed by atoms with Crippen LogP contribution >= 0.6 is 0 Å². The molecular formula is C15H21N3O2S. The zero-order valence-electron chi connectivity index (χ0n) is 12.6. The Labute approximate surface area is 125 Å². The summed E-state index contributed by atoms with van der Waals surface area (Å²) in [4.78, 5) is 0. The maximum atomic E-state index is 11.6. The molecule has 0 aliphatic rings. The van der Waals surface area contributed by atoms with Crippen molar-refractivity contribution in [1.29, 1.82) is 0 Å². The molecule has 0 atom stereocenters. The van der Waals surface area contributed by atoms with E-state index in [1.54, 1.807) is 17.8 Å². The number of sulfone groups is 1. The Hall–Kier alpha value is -1.82. The number of nitrogens with zero attached hydrogens (tertiary/aromatic N) is 2. The van der Waals surface area contributed by atoms with Crippen molar-refractivity contribution in [3.63, 3.8) is 0 Å². The Balaban J connectivity index is 2.27. The van der Waals surface area contributed by atoms with Crippen molar-refractivity contribution >= 4 is 15.5 Å². The third-order valence-electron chi connectivity index (χ3n) is 3.50. The Kier molecular flexibility index (Phi) is 4.37. The van der Waals surface area contributed by atoms with Gasteiger partial charge in [0.15, 0.2) is 9.84 Å². The SMILES string of the molecule is CCS(=O)(=O)CCn1cc(N)c(-c2ccc(C)cc2C)n1. The quantitative estimate of drug-likeness (QED) is 0.918. The van der Waals surface area contributed by atoms with Gasteiger partial charge in [-0.25, -0.2) is 8.42 Å². The van der Waals surface area contributed by atoms with Crippen molar-refractivity contribution < 1.29 is 8.42 Å². The molecule has 0 spiro atoms. The summed E-state index contributed by atoms with van der Waals surface area (Å²) >= 11 is 0. The van der Waals surface area contributed by atoms with Crippen LogP contribution in [-0.2, 0) is 16.4 Å². The molecule has 0 aliphatic carbocycles. The lowest BCUT2D eigenvalue weighted by atomic mass is 10.0. The molecule has 0 amide bonds. The predicted molar refractivity (Wildman–Crippen MR) is 85.9 cm³/mol. The van der Waals surface area contributed by atoms with E-state index < -0.39 is 9.84 Å². The molecule has 0 fully saturated rings. The Morgan fingerprint density at radius 3 is 2.62 bits per heavy atom. The second-order valence-corrected chi connectivity index (χ2v) is 7.72. The van der Waals surface area contributed by atoms with Crippen LogP contribution in [0.3, 0.4) is 0 Å². The molecule has 2 aromatic rings. The summed E-state index contributed by atoms with van der Waals surface area (Å²) in [6.45, 7) is 6.02. The third kappa shape index (κ3) is 3.64. The second-order valence-electron chi connectivity index (χ2n) is 5.25. The van der Waals surface area contributed by atoms with Crippen LogP contribution in [0.1, 0.15) is 18.1 Å². The van der Waals surface area contributed by atoms with Gasteiger partial charge in [-0.15, -0.1) is 0 Å². The summed E-state index contributed by atoms with van der Waals surface area (Å²) in [7, 11) is -3.00. The van der Waals surface area contributed by atoms with Gasteiger partial charge in [0.1, 0.15) is 5.69 Å². The van der Waals surface area contributed by atoms with Crippen molar-refractivity contribution in [3.8, 4) is 11.3 Å². The minimum Gasteiger partial charge on any atom is -0.396 e. The van der Waals surface area contributed by atoms with E-state index in [2.05, 4.69) is 11.2 Å². The molecule has 0 saturated heterocycles. The number of anilines is 1. The Morgan fingerprint density at radius 2 is 2.00 bits per heavy atom. The Bertz CT molecular complexity index is 748. The number of aryl methyl sites for hydroxylation is 3. The molecule has 0 aliphatic heterocycles. The molecule has 0 saturated carbocycles. The van der Waals surface area contributed by atoms with E-state index in [1.807, 2.05) is 26.0 Å². The summed E-state index contributed by atoms with van der Waals surface area (Å²) in [6.07, 6.45) is 1.69. The van der Waals surface area contributed by atoms with Crippen molar-refractivity contribution in [2.75, 3.05) is 17.2 Å². The minimum absolute atomic E-state index is 0.0803. The molecule has 1 heterocycles. The number of nitrogen functional groups attached to an aromatic ring is 1. The first-order chi connectivity index (χ1) is 9.82. The lowest BCUT2D eigenvalue weighted by Crippen LogP contribution is -2.14. The van der Waals surface area contributed by atoms with Crippen molar-refractivity contribution in [1.82, 2.24) is 9.78 Å². The lowest BCUT2D eigenvalue weighted by Gasteiger charge is -2.05. The fourth-order valence-electron chi connectivity index (χ4n) is 2.22. The highest BCUT2D eigenvalue weighted by atomic mass is 32.2. The van der Waals surface area contributed by atoms with Crippen LogP contribution in [0.25, 0.3) is 11.3 Å². The normalized spacial score (nSPS) is 11.8. The molecule has 0 bridgehead atoms. The first kappa shape index (κ1) is 15.6. The van der Waals surface area contributed by atoms with Gasteiger partial charge in [-0.05, 0) is 19.4 Å². The zero-order chi connectivity index (χ0) is 15.6. The van der Waals surface area contributed by atoms with Crippen molar-refractivity contribution in [2.24, 2.45) is 0 Å². The van der Waals surface area contributed by atoms with Crippen molar-refractivity contribution in [2.45, 2.75) is 27.3 Å². The summed E-state index contributed by atoms with van der Waals surface area (Å²) in [5.74, 6) is 0.227. The van der Waals surface area contributed by atoms with Gasteiger partial charge in [0.05, 0.1) is 18.0 Å². The number of hydrogen-bond donors (Lipinski definition) is 1. The van der Waals surface area contributed by atoms with Gasteiger partial charge < -0.3 is 5.73 Å². The molecule has 1 aromatic heterocycles. The van der Waals surface area contributed by atoms with Gasteiger partial charge in [-0.3, -0.25) is 4.68 Å². The standard InChI is InChI=1S/C15H21N3O2S/c1-4-21(19,20)8-7-18-10-14(16)15(17-18)13-6-5-11(2)9-12(13)3/h5-6,9-10H,4,7-8,16H2,1-3H3. The summed E-state index contributed by atoms with van der Waals surface area (Å²) in [5, 5.41) is 4.44. The third-order valence-corrected chi connectivity index (χ3v) is 5.18. The lowest BCUT2D eigenvalue weighted by molar-refractivity contribution is 0.582. The maximum Gasteiger partial charge on any atom is 0.151 e. The topological polar surface area (TPSA) is 78.0 Å². The van der Waals surface area contributed by atoms with E-state index in [4.69, 9.17) is 5.73 Å². The Morgan fingerprint density at radius 1 is 1.29 bits per heavy atom. The molecule has 114 valence electrons. The van der Waals surface area contributed by atoms with E-state index in [0.29, 0.717) is 17.9 Å². The van der Waals surface area contributed by atoms with Gasteiger partial charge >= 0.3 is 0 Å². The van der Waals surface area contributed by atoms with E-state index >= 15 is 0 Å². The number of hydrogen-bond acceptors (Lipinski definition) is 4. The van der Waals surface area contributed by atoms with Crippen molar-refractivity contribution in [3.05, 3.63) is 35.5 Å². The predicted octanol–water partition coefficient (Wildman–Crippen LogP) is 2.18. The molecule has 6 heteroatoms. The largest absolute Gasteiger partial charge is 0.396 e. The summed E-state index contributed by atoms with van der Waals surface area (Å²) < 4.78 is 24.7. The van der Waals surface area contributed by atoms with Crippen LogP contribution in [0.5, 0.6) is 0 Å². The summed E-state index contributed by atoms with van der Waals surface area (Å²) in [6, 6.07) is 6.09. The molecule has 0 radical (unpaired) electrons. The second kappa shape index (κ2) is 5.89. The van der Waals surface area contributed by atoms with Gasteiger partial charge in [0.25, 0.3) is 0 Å². The monoisotopic (exact) mass is 307 g/mol. The highest BCUT2D eigenvalue weighted by Crippen LogP contribution is 2.27. The zero-order valence-corrected chi connectivity index (χ0v) is 13.4. The number of nitrogens with two attached hydrogens (primary N) is 1. The van der Waals surface area contributed by atoms with Crippen LogP contribution in [0.15, 0.2) is 24.4 Å². The van der Waals surface area contributed by atoms with E-state index in [-0.39, 0.29) is 11.5 Å². The van der Waals surface area contributed by atoms with E-state index in [0.717, 1.165) is 11.1 Å². The number of benzene rings is 1. The van der Waals surface area contributed by atoms with Crippen LogP contribution < -0.4 is 5.73 Å². The van der Waals surface area contributed by atoms with Crippen LogP contribution in [-0.4, -0.2) is 29.7 Å². The first-order valence-electron chi connectivity index (χ1n) is 6.93. The van der Waals surface area contributed by atoms with Crippen LogP contribution in [0.4, 0.5) is 5.69 Å². The maximum absolute atomic E-state index is 11.6. The van der Waals surface area contributed by atoms with Crippen LogP contribution in [0.2, 0.25) is 0 Å².